The highest BCUT2D eigenvalue weighted by Crippen LogP contribution is 2.46. The van der Waals surface area contributed by atoms with E-state index in [0.29, 0.717) is 39.7 Å². The van der Waals surface area contributed by atoms with Crippen LogP contribution in [-0.4, -0.2) is 40.8 Å². The third-order valence-corrected chi connectivity index (χ3v) is 6.47. The number of hydrogen-bond donors (Lipinski definition) is 1. The van der Waals surface area contributed by atoms with Crippen molar-refractivity contribution in [1.29, 1.82) is 10.5 Å². The monoisotopic (exact) mass is 538 g/mol. The van der Waals surface area contributed by atoms with E-state index < -0.39 is 23.1 Å². The smallest absolute Gasteiger partial charge is 0.414 e. The van der Waals surface area contributed by atoms with Gasteiger partial charge in [0.2, 0.25) is 5.95 Å². The normalized spacial score (nSPS) is 15.9. The topological polar surface area (TPSA) is 141 Å². The van der Waals surface area contributed by atoms with Crippen LogP contribution in [0.15, 0.2) is 42.6 Å². The maximum absolute atomic E-state index is 13.2. The third-order valence-electron chi connectivity index (χ3n) is 6.47. The number of amides is 1. The van der Waals surface area contributed by atoms with Gasteiger partial charge in [-0.25, -0.2) is 14.8 Å². The van der Waals surface area contributed by atoms with Gasteiger partial charge in [0.15, 0.2) is 0 Å². The van der Waals surface area contributed by atoms with Crippen LogP contribution in [0.25, 0.3) is 11.3 Å². The summed E-state index contributed by atoms with van der Waals surface area (Å²) in [5.41, 5.74) is 2.10. The van der Waals surface area contributed by atoms with Crippen LogP contribution in [0.3, 0.4) is 0 Å². The van der Waals surface area contributed by atoms with Gasteiger partial charge in [-0.2, -0.15) is 10.5 Å². The van der Waals surface area contributed by atoms with Gasteiger partial charge in [-0.1, -0.05) is 6.07 Å². The van der Waals surface area contributed by atoms with E-state index >= 15 is 0 Å². The third kappa shape index (κ3) is 5.43. The second kappa shape index (κ2) is 10.7. The number of hydrogen-bond acceptors (Lipinski definition) is 9. The minimum Gasteiger partial charge on any atom is -0.465 e. The minimum absolute atomic E-state index is 0.0424. The summed E-state index contributed by atoms with van der Waals surface area (Å²) in [6.07, 6.45) is 0.917. The number of nitriles is 2. The molecule has 204 valence electrons. The number of rotatable bonds is 5. The number of aromatic nitrogens is 2. The molecule has 0 bridgehead atoms. The van der Waals surface area contributed by atoms with Crippen molar-refractivity contribution in [3.05, 3.63) is 64.8 Å². The second-order valence-corrected chi connectivity index (χ2v) is 10.7. The molecule has 1 N–H and O–H groups in total. The molecule has 3 aromatic rings. The van der Waals surface area contributed by atoms with Crippen LogP contribution >= 0.6 is 0 Å². The van der Waals surface area contributed by atoms with E-state index in [1.807, 2.05) is 13.0 Å². The first kappa shape index (κ1) is 28.1. The number of ether oxygens (including phenoxy) is 2. The number of esters is 1. The van der Waals surface area contributed by atoms with Gasteiger partial charge in [0, 0.05) is 24.0 Å². The van der Waals surface area contributed by atoms with Crippen LogP contribution in [0.1, 0.15) is 56.9 Å². The van der Waals surface area contributed by atoms with E-state index in [1.54, 1.807) is 71.1 Å². The number of carbonyl (C=O) groups is 2. The van der Waals surface area contributed by atoms with Crippen LogP contribution in [0.2, 0.25) is 0 Å². The summed E-state index contributed by atoms with van der Waals surface area (Å²) in [6, 6.07) is 14.6. The molecule has 1 amide bonds. The summed E-state index contributed by atoms with van der Waals surface area (Å²) in [7, 11) is 0. The first-order valence-electron chi connectivity index (χ1n) is 12.8. The summed E-state index contributed by atoms with van der Waals surface area (Å²) in [5, 5.41) is 22.5. The lowest BCUT2D eigenvalue weighted by molar-refractivity contribution is -0.148. The average molecular weight is 539 g/mol. The molecule has 1 aliphatic rings. The molecule has 2 aromatic carbocycles. The van der Waals surface area contributed by atoms with Crippen molar-refractivity contribution in [3.8, 4) is 23.4 Å². The van der Waals surface area contributed by atoms with Gasteiger partial charge < -0.3 is 14.8 Å². The van der Waals surface area contributed by atoms with E-state index in [9.17, 15) is 20.1 Å². The fraction of sp³-hybridized carbons (Fsp3) is 0.333. The predicted molar refractivity (Wildman–Crippen MR) is 149 cm³/mol. The lowest BCUT2D eigenvalue weighted by atomic mass is 9.82. The van der Waals surface area contributed by atoms with Crippen molar-refractivity contribution < 1.29 is 19.1 Å². The van der Waals surface area contributed by atoms with E-state index in [4.69, 9.17) is 9.47 Å². The first-order valence-corrected chi connectivity index (χ1v) is 12.8. The molecule has 0 spiro atoms. The summed E-state index contributed by atoms with van der Waals surface area (Å²) in [4.78, 5) is 36.7. The summed E-state index contributed by atoms with van der Waals surface area (Å²) in [6.45, 7) is 10.7. The molecule has 0 aliphatic carbocycles. The zero-order chi connectivity index (χ0) is 29.2. The van der Waals surface area contributed by atoms with Crippen molar-refractivity contribution in [2.45, 2.75) is 52.6 Å². The van der Waals surface area contributed by atoms with Crippen molar-refractivity contribution >= 4 is 29.4 Å². The molecule has 1 atom stereocenters. The largest absolute Gasteiger partial charge is 0.465 e. The van der Waals surface area contributed by atoms with Crippen molar-refractivity contribution in [2.75, 3.05) is 23.4 Å². The van der Waals surface area contributed by atoms with Gasteiger partial charge in [-0.15, -0.1) is 0 Å². The highest BCUT2D eigenvalue weighted by Gasteiger charge is 2.50. The van der Waals surface area contributed by atoms with E-state index in [2.05, 4.69) is 27.4 Å². The molecule has 4 rings (SSSR count). The maximum Gasteiger partial charge on any atom is 0.414 e. The van der Waals surface area contributed by atoms with Crippen LogP contribution in [0, 0.1) is 29.6 Å². The Kier molecular flexibility index (Phi) is 7.48. The van der Waals surface area contributed by atoms with E-state index in [1.165, 1.54) is 4.90 Å². The summed E-state index contributed by atoms with van der Waals surface area (Å²) in [5.74, 6) is -0.223. The highest BCUT2D eigenvalue weighted by molar-refractivity contribution is 6.00. The first-order chi connectivity index (χ1) is 18.9. The molecule has 1 unspecified atom stereocenters. The standard InChI is InChI=1S/C30H30N6O4/c1-7-39-26(37)30(6)17-36(28(38)40-29(3,4)5)25-21(16-32)13-20(14-22(25)30)23-10-11-33-27(34-23)35-24-12-19(15-31)9-8-18(24)2/h8-14H,7,17H2,1-6H3,(H,33,34,35). The number of aryl methyl sites for hydroxylation is 1. The van der Waals surface area contributed by atoms with Gasteiger partial charge in [-0.05, 0) is 83.0 Å². The quantitative estimate of drug-likeness (QED) is 0.416. The summed E-state index contributed by atoms with van der Waals surface area (Å²) < 4.78 is 11.0. The van der Waals surface area contributed by atoms with E-state index in [0.717, 1.165) is 5.56 Å². The van der Waals surface area contributed by atoms with Gasteiger partial charge in [0.1, 0.15) is 17.1 Å². The van der Waals surface area contributed by atoms with Crippen LogP contribution in [0.4, 0.5) is 22.1 Å². The Labute approximate surface area is 233 Å². The number of nitrogens with zero attached hydrogens (tertiary/aromatic N) is 5. The minimum atomic E-state index is -1.24. The Balaban J connectivity index is 1.82. The molecule has 40 heavy (non-hydrogen) atoms. The zero-order valence-corrected chi connectivity index (χ0v) is 23.3. The Bertz CT molecular complexity index is 1580. The zero-order valence-electron chi connectivity index (χ0n) is 23.3. The molecule has 10 nitrogen and oxygen atoms in total. The molecule has 0 saturated carbocycles. The molecule has 0 radical (unpaired) electrons. The number of nitrogens with one attached hydrogen (secondary N) is 1. The molecule has 0 saturated heterocycles. The molecule has 2 heterocycles. The lowest BCUT2D eigenvalue weighted by Gasteiger charge is -2.26. The van der Waals surface area contributed by atoms with Crippen molar-refractivity contribution in [2.24, 2.45) is 0 Å². The van der Waals surface area contributed by atoms with Crippen LogP contribution in [-0.2, 0) is 19.7 Å². The Hall–Kier alpha value is -4.96. The Morgan fingerprint density at radius 1 is 1.15 bits per heavy atom. The Morgan fingerprint density at radius 3 is 2.55 bits per heavy atom. The van der Waals surface area contributed by atoms with Gasteiger partial charge >= 0.3 is 12.1 Å². The fourth-order valence-electron chi connectivity index (χ4n) is 4.52. The SMILES string of the molecule is CCOC(=O)C1(C)CN(C(=O)OC(C)(C)C)c2c(C#N)cc(-c3ccnc(Nc4cc(C#N)ccc4C)n3)cc21. The average Bonchev–Trinajstić information content (AvgIpc) is 3.23. The van der Waals surface area contributed by atoms with Crippen LogP contribution in [0.5, 0.6) is 0 Å². The molecular formula is C30H30N6O4. The molecular weight excluding hydrogens is 508 g/mol. The molecule has 1 aromatic heterocycles. The summed E-state index contributed by atoms with van der Waals surface area (Å²) >= 11 is 0. The Morgan fingerprint density at radius 2 is 1.90 bits per heavy atom. The number of benzene rings is 2. The fourth-order valence-corrected chi connectivity index (χ4v) is 4.52. The molecule has 0 fully saturated rings. The van der Waals surface area contributed by atoms with Crippen LogP contribution < -0.4 is 10.2 Å². The maximum atomic E-state index is 13.2. The lowest BCUT2D eigenvalue weighted by Crippen LogP contribution is -2.43. The molecule has 10 heteroatoms. The number of fused-ring (bicyclic) bond motifs is 1. The number of anilines is 3. The second-order valence-electron chi connectivity index (χ2n) is 10.7. The highest BCUT2D eigenvalue weighted by atomic mass is 16.6. The van der Waals surface area contributed by atoms with Crippen molar-refractivity contribution in [1.82, 2.24) is 9.97 Å². The predicted octanol–water partition coefficient (Wildman–Crippen LogP) is 5.51. The van der Waals surface area contributed by atoms with Gasteiger partial charge in [-0.3, -0.25) is 9.69 Å². The van der Waals surface area contributed by atoms with Crippen molar-refractivity contribution in [3.63, 3.8) is 0 Å². The molecule has 1 aliphatic heterocycles. The number of carbonyl (C=O) groups excluding carboxylic acids is 2. The van der Waals surface area contributed by atoms with E-state index in [-0.39, 0.29) is 18.7 Å². The van der Waals surface area contributed by atoms with Gasteiger partial charge in [0.25, 0.3) is 0 Å². The van der Waals surface area contributed by atoms with Gasteiger partial charge in [0.05, 0.1) is 35.2 Å².